The largest absolute Gasteiger partial charge is 0.269 e. The Morgan fingerprint density at radius 2 is 1.96 bits per heavy atom. The minimum atomic E-state index is -0.448. The fraction of sp³-hybridized carbons (Fsp3) is 0.316. The van der Waals surface area contributed by atoms with Crippen LogP contribution in [0.25, 0.3) is 0 Å². The predicted octanol–water partition coefficient (Wildman–Crippen LogP) is 5.66. The van der Waals surface area contributed by atoms with Crippen LogP contribution in [0.5, 0.6) is 0 Å². The highest BCUT2D eigenvalue weighted by molar-refractivity contribution is 5.90. The highest BCUT2D eigenvalue weighted by atomic mass is 16.6. The molecule has 0 rings (SSSR count). The second-order valence-electron chi connectivity index (χ2n) is 4.30. The molecule has 0 radical (unpaired) electrons. The lowest BCUT2D eigenvalue weighted by atomic mass is 10.0. The average Bonchev–Trinajstić information content (AvgIpc) is 2.56. The van der Waals surface area contributed by atoms with Crippen LogP contribution in [-0.2, 0) is 0 Å². The third kappa shape index (κ3) is 10.8. The molecular weight excluding hydrogens is 288 g/mol. The van der Waals surface area contributed by atoms with Gasteiger partial charge in [0.2, 0.25) is 0 Å². The molecule has 0 fully saturated rings. The Bertz CT molecular complexity index is 523. The van der Waals surface area contributed by atoms with Crippen molar-refractivity contribution >= 4 is 5.71 Å². The van der Waals surface area contributed by atoms with Crippen LogP contribution >= 0.6 is 0 Å². The molecule has 1 atom stereocenters. The summed E-state index contributed by atoms with van der Waals surface area (Å²) in [5.41, 5.74) is 1.44. The summed E-state index contributed by atoms with van der Waals surface area (Å²) < 4.78 is 0. The van der Waals surface area contributed by atoms with Crippen molar-refractivity contribution in [2.45, 2.75) is 34.1 Å². The average molecular weight is 316 g/mol. The molecule has 4 heteroatoms. The first kappa shape index (κ1) is 22.8. The molecule has 1 unspecified atom stereocenters. The Kier molecular flexibility index (Phi) is 14.3. The summed E-state index contributed by atoms with van der Waals surface area (Å²) in [5.74, 6) is -0.0499. The number of hydrogen-bond donors (Lipinski definition) is 0. The summed E-state index contributed by atoms with van der Waals surface area (Å²) in [6.07, 6.45) is 12.1. The molecule has 126 valence electrons. The standard InChI is InChI=1S/C17H22N2O2.C2H6/c1-6-9-11-17(18-15(5)8-3)14(4)12-13-16(10-7-2)19(20)21;1-2/h6-10,12-14H,2-3,5,11H2,1,4H3;1-2H3/b9-6-,13-12-,16-10+,18-17?;. The van der Waals surface area contributed by atoms with Crippen LogP contribution in [-0.4, -0.2) is 10.6 Å². The van der Waals surface area contributed by atoms with Gasteiger partial charge < -0.3 is 0 Å². The van der Waals surface area contributed by atoms with Gasteiger partial charge in [-0.1, -0.05) is 64.8 Å². The van der Waals surface area contributed by atoms with Gasteiger partial charge >= 0.3 is 0 Å². The van der Waals surface area contributed by atoms with Gasteiger partial charge in [0.05, 0.1) is 10.6 Å². The summed E-state index contributed by atoms with van der Waals surface area (Å²) in [4.78, 5) is 14.8. The summed E-state index contributed by atoms with van der Waals surface area (Å²) in [5, 5.41) is 10.8. The number of hydrogen-bond acceptors (Lipinski definition) is 3. The zero-order valence-corrected chi connectivity index (χ0v) is 14.7. The van der Waals surface area contributed by atoms with Crippen molar-refractivity contribution in [2.24, 2.45) is 10.9 Å². The van der Waals surface area contributed by atoms with E-state index in [1.54, 1.807) is 12.2 Å². The third-order valence-electron chi connectivity index (χ3n) is 2.67. The molecule has 0 aliphatic heterocycles. The fourth-order valence-corrected chi connectivity index (χ4v) is 1.45. The lowest BCUT2D eigenvalue weighted by Crippen LogP contribution is -2.08. The first-order chi connectivity index (χ1) is 11.0. The van der Waals surface area contributed by atoms with Gasteiger partial charge in [0.1, 0.15) is 0 Å². The summed E-state index contributed by atoms with van der Waals surface area (Å²) in [6.45, 7) is 18.7. The predicted molar refractivity (Wildman–Crippen MR) is 101 cm³/mol. The SMILES string of the molecule is C=C/C=C(\C=C/C(C)C(C/C=C\C)=NC(=C)C=C)[N+](=O)[O-].CC. The van der Waals surface area contributed by atoms with Gasteiger partial charge in [-0.15, -0.1) is 0 Å². The van der Waals surface area contributed by atoms with Gasteiger partial charge in [-0.2, -0.15) is 0 Å². The van der Waals surface area contributed by atoms with Crippen molar-refractivity contribution in [3.05, 3.63) is 83.8 Å². The summed E-state index contributed by atoms with van der Waals surface area (Å²) >= 11 is 0. The van der Waals surface area contributed by atoms with Crippen LogP contribution in [0.1, 0.15) is 34.1 Å². The normalized spacial score (nSPS) is 13.4. The van der Waals surface area contributed by atoms with E-state index >= 15 is 0 Å². The van der Waals surface area contributed by atoms with E-state index in [4.69, 9.17) is 0 Å². The molecule has 0 aliphatic rings. The topological polar surface area (TPSA) is 55.5 Å². The molecule has 0 aromatic heterocycles. The number of nitro groups is 1. The maximum Gasteiger partial charge on any atom is 0.269 e. The molecule has 0 saturated heterocycles. The lowest BCUT2D eigenvalue weighted by molar-refractivity contribution is -0.419. The van der Waals surface area contributed by atoms with Crippen LogP contribution in [0.4, 0.5) is 0 Å². The highest BCUT2D eigenvalue weighted by Gasteiger charge is 2.09. The number of rotatable bonds is 9. The first-order valence-corrected chi connectivity index (χ1v) is 7.61. The maximum atomic E-state index is 10.8. The molecule has 0 N–H and O–H groups in total. The van der Waals surface area contributed by atoms with Crippen LogP contribution < -0.4 is 0 Å². The lowest BCUT2D eigenvalue weighted by Gasteiger charge is -2.09. The van der Waals surface area contributed by atoms with Gasteiger partial charge in [-0.25, -0.2) is 0 Å². The van der Waals surface area contributed by atoms with Crippen LogP contribution in [0.3, 0.4) is 0 Å². The Hall–Kier alpha value is -2.49. The smallest absolute Gasteiger partial charge is 0.258 e. The molecule has 23 heavy (non-hydrogen) atoms. The van der Waals surface area contributed by atoms with Gasteiger partial charge in [0, 0.05) is 30.2 Å². The molecule has 4 nitrogen and oxygen atoms in total. The second-order valence-corrected chi connectivity index (χ2v) is 4.30. The molecule has 0 amide bonds. The van der Waals surface area contributed by atoms with E-state index in [0.29, 0.717) is 12.1 Å². The van der Waals surface area contributed by atoms with Crippen molar-refractivity contribution < 1.29 is 4.92 Å². The number of nitrogens with zero attached hydrogens (tertiary/aromatic N) is 2. The summed E-state index contributed by atoms with van der Waals surface area (Å²) in [6, 6.07) is 0. The van der Waals surface area contributed by atoms with E-state index in [0.717, 1.165) is 5.71 Å². The third-order valence-corrected chi connectivity index (χ3v) is 2.67. The van der Waals surface area contributed by atoms with Gasteiger partial charge in [0.15, 0.2) is 0 Å². The van der Waals surface area contributed by atoms with Gasteiger partial charge in [0.25, 0.3) is 5.70 Å². The molecule has 0 heterocycles. The first-order valence-electron chi connectivity index (χ1n) is 7.61. The fourth-order valence-electron chi connectivity index (χ4n) is 1.45. The van der Waals surface area contributed by atoms with Crippen molar-refractivity contribution in [1.29, 1.82) is 0 Å². The van der Waals surface area contributed by atoms with Crippen LogP contribution in [0.2, 0.25) is 0 Å². The van der Waals surface area contributed by atoms with Crippen LogP contribution in [0, 0.1) is 16.0 Å². The Morgan fingerprint density at radius 1 is 1.35 bits per heavy atom. The van der Waals surface area contributed by atoms with E-state index in [1.807, 2.05) is 39.8 Å². The van der Waals surface area contributed by atoms with Gasteiger partial charge in [-0.05, 0) is 13.0 Å². The maximum absolute atomic E-state index is 10.8. The zero-order valence-electron chi connectivity index (χ0n) is 14.7. The molecule has 0 aliphatic carbocycles. The quantitative estimate of drug-likeness (QED) is 0.181. The van der Waals surface area contributed by atoms with E-state index < -0.39 is 4.92 Å². The minimum Gasteiger partial charge on any atom is -0.258 e. The molecule has 0 bridgehead atoms. The summed E-state index contributed by atoms with van der Waals surface area (Å²) in [7, 11) is 0. The monoisotopic (exact) mass is 316 g/mol. The molecule has 0 spiro atoms. The van der Waals surface area contributed by atoms with Crippen molar-refractivity contribution in [3.8, 4) is 0 Å². The van der Waals surface area contributed by atoms with E-state index in [-0.39, 0.29) is 11.6 Å². The van der Waals surface area contributed by atoms with E-state index in [2.05, 4.69) is 24.7 Å². The van der Waals surface area contributed by atoms with Crippen LogP contribution in [0.15, 0.2) is 78.7 Å². The molecule has 0 aromatic carbocycles. The van der Waals surface area contributed by atoms with Gasteiger partial charge in [-0.3, -0.25) is 15.1 Å². The molecule has 0 aromatic rings. The second kappa shape index (κ2) is 14.4. The highest BCUT2D eigenvalue weighted by Crippen LogP contribution is 2.11. The van der Waals surface area contributed by atoms with Crippen molar-refractivity contribution in [1.82, 2.24) is 0 Å². The van der Waals surface area contributed by atoms with Crippen molar-refractivity contribution in [3.63, 3.8) is 0 Å². The van der Waals surface area contributed by atoms with Crippen molar-refractivity contribution in [2.75, 3.05) is 0 Å². The van der Waals surface area contributed by atoms with E-state index in [9.17, 15) is 10.1 Å². The molecule has 0 saturated carbocycles. The Labute approximate surface area is 140 Å². The molecular formula is C19H28N2O2. The number of aliphatic imine (C=N–C) groups is 1. The Morgan fingerprint density at radius 3 is 2.39 bits per heavy atom. The zero-order chi connectivity index (χ0) is 18.3. The minimum absolute atomic E-state index is 0.00946. The number of allylic oxidation sites excluding steroid dienone is 7. The Balaban J connectivity index is 0. The van der Waals surface area contributed by atoms with E-state index in [1.165, 1.54) is 18.2 Å².